The first-order chi connectivity index (χ1) is 16.8. The number of hydrogen-bond donors (Lipinski definition) is 1. The van der Waals surface area contributed by atoms with Crippen molar-refractivity contribution >= 4 is 27.4 Å². The number of nitrogens with one attached hydrogen (secondary N) is 1. The van der Waals surface area contributed by atoms with Gasteiger partial charge in [-0.1, -0.05) is 54.6 Å². The molecule has 1 fully saturated rings. The molecule has 5 heteroatoms. The predicted octanol–water partition coefficient (Wildman–Crippen LogP) is 5.71. The molecule has 1 aromatic heterocycles. The van der Waals surface area contributed by atoms with Crippen LogP contribution < -0.4 is 9.64 Å². The fourth-order valence-electron chi connectivity index (χ4n) is 5.01. The molecule has 4 aromatic carbocycles. The zero-order chi connectivity index (χ0) is 22.9. The van der Waals surface area contributed by atoms with Crippen molar-refractivity contribution in [3.63, 3.8) is 0 Å². The molecule has 2 heterocycles. The third-order valence-corrected chi connectivity index (χ3v) is 6.85. The van der Waals surface area contributed by atoms with Crippen molar-refractivity contribution in [3.05, 3.63) is 90.5 Å². The molecule has 0 unspecified atom stereocenters. The van der Waals surface area contributed by atoms with E-state index in [1.54, 1.807) is 7.11 Å². The topological polar surface area (TPSA) is 44.4 Å². The molecule has 0 aliphatic carbocycles. The number of benzene rings is 4. The summed E-state index contributed by atoms with van der Waals surface area (Å²) in [5, 5.41) is 11.5. The lowest BCUT2D eigenvalue weighted by atomic mass is 10.0. The smallest absolute Gasteiger partial charge is 0.142 e. The van der Waals surface area contributed by atoms with Crippen LogP contribution in [0.1, 0.15) is 5.56 Å². The van der Waals surface area contributed by atoms with E-state index in [1.165, 1.54) is 27.4 Å². The number of aromatic nitrogens is 2. The van der Waals surface area contributed by atoms with Crippen LogP contribution in [0.5, 0.6) is 5.75 Å². The van der Waals surface area contributed by atoms with Gasteiger partial charge in [0, 0.05) is 43.7 Å². The number of para-hydroxylation sites is 2. The highest BCUT2D eigenvalue weighted by Gasteiger charge is 2.20. The Kier molecular flexibility index (Phi) is 5.40. The van der Waals surface area contributed by atoms with Gasteiger partial charge < -0.3 is 9.64 Å². The van der Waals surface area contributed by atoms with Gasteiger partial charge in [-0.25, -0.2) is 0 Å². The van der Waals surface area contributed by atoms with E-state index in [1.807, 2.05) is 12.1 Å². The van der Waals surface area contributed by atoms with E-state index in [2.05, 4.69) is 92.8 Å². The maximum atomic E-state index is 5.56. The number of ether oxygens (including phenoxy) is 1. The molecule has 0 spiro atoms. The molecule has 0 atom stereocenters. The largest absolute Gasteiger partial charge is 0.495 e. The van der Waals surface area contributed by atoms with Gasteiger partial charge in [-0.3, -0.25) is 10.00 Å². The second-order valence-corrected chi connectivity index (χ2v) is 8.95. The number of H-pyrrole nitrogens is 1. The van der Waals surface area contributed by atoms with E-state index in [9.17, 15) is 0 Å². The molecule has 6 rings (SSSR count). The van der Waals surface area contributed by atoms with Gasteiger partial charge in [0.25, 0.3) is 0 Å². The lowest BCUT2D eigenvalue weighted by molar-refractivity contribution is 0.249. The Hall–Kier alpha value is -3.83. The summed E-state index contributed by atoms with van der Waals surface area (Å²) in [5.74, 6) is 0.947. The minimum absolute atomic E-state index is 0.943. The van der Waals surface area contributed by atoms with Gasteiger partial charge in [-0.15, -0.1) is 0 Å². The highest BCUT2D eigenvalue weighted by Crippen LogP contribution is 2.31. The molecule has 34 heavy (non-hydrogen) atoms. The Morgan fingerprint density at radius 3 is 2.47 bits per heavy atom. The van der Waals surface area contributed by atoms with E-state index < -0.39 is 0 Å². The van der Waals surface area contributed by atoms with E-state index in [0.717, 1.165) is 55.2 Å². The monoisotopic (exact) mass is 448 g/mol. The quantitative estimate of drug-likeness (QED) is 0.374. The van der Waals surface area contributed by atoms with E-state index >= 15 is 0 Å². The summed E-state index contributed by atoms with van der Waals surface area (Å²) < 4.78 is 5.56. The third-order valence-electron chi connectivity index (χ3n) is 6.85. The van der Waals surface area contributed by atoms with Crippen molar-refractivity contribution in [2.75, 3.05) is 38.2 Å². The molecule has 170 valence electrons. The summed E-state index contributed by atoms with van der Waals surface area (Å²) in [4.78, 5) is 4.95. The average Bonchev–Trinajstić information content (AvgIpc) is 3.32. The Morgan fingerprint density at radius 2 is 1.62 bits per heavy atom. The zero-order valence-corrected chi connectivity index (χ0v) is 19.4. The van der Waals surface area contributed by atoms with Crippen LogP contribution in [-0.4, -0.2) is 48.4 Å². The molecule has 1 aliphatic heterocycles. The normalized spacial score (nSPS) is 14.7. The molecule has 0 radical (unpaired) electrons. The number of hydrogen-bond acceptors (Lipinski definition) is 4. The van der Waals surface area contributed by atoms with Crippen LogP contribution in [0, 0.1) is 0 Å². The van der Waals surface area contributed by atoms with Crippen molar-refractivity contribution in [1.82, 2.24) is 15.1 Å². The number of rotatable bonds is 5. The Bertz CT molecular complexity index is 1450. The standard InChI is InChI=1S/C29H28N4O/c1-34-28-9-5-4-8-27(28)33-16-14-32(15-17-33)20-21-10-13-26-25(18-21)29(31-30-26)24-12-11-22-6-2-3-7-23(22)19-24/h2-13,18-19H,14-17,20H2,1H3,(H,30,31). The number of piperazine rings is 1. The molecule has 1 aliphatic rings. The molecule has 0 amide bonds. The summed E-state index contributed by atoms with van der Waals surface area (Å²) in [5.41, 5.74) is 5.75. The number of anilines is 1. The van der Waals surface area contributed by atoms with Crippen LogP contribution in [-0.2, 0) is 6.54 Å². The minimum Gasteiger partial charge on any atom is -0.495 e. The van der Waals surface area contributed by atoms with Crippen LogP contribution in [0.2, 0.25) is 0 Å². The number of aromatic amines is 1. The summed E-state index contributed by atoms with van der Waals surface area (Å²) in [6.45, 7) is 4.99. The maximum absolute atomic E-state index is 5.56. The summed E-state index contributed by atoms with van der Waals surface area (Å²) >= 11 is 0. The van der Waals surface area contributed by atoms with Gasteiger partial charge in [0.1, 0.15) is 5.75 Å². The molecular formula is C29H28N4O. The van der Waals surface area contributed by atoms with Crippen LogP contribution in [0.3, 0.4) is 0 Å². The predicted molar refractivity (Wildman–Crippen MR) is 140 cm³/mol. The first-order valence-electron chi connectivity index (χ1n) is 11.8. The Morgan fingerprint density at radius 1 is 0.824 bits per heavy atom. The lowest BCUT2D eigenvalue weighted by Crippen LogP contribution is -2.46. The van der Waals surface area contributed by atoms with Gasteiger partial charge >= 0.3 is 0 Å². The van der Waals surface area contributed by atoms with Crippen LogP contribution in [0.15, 0.2) is 84.9 Å². The molecule has 1 saturated heterocycles. The summed E-state index contributed by atoms with van der Waals surface area (Å²) in [6.07, 6.45) is 0. The molecule has 0 bridgehead atoms. The van der Waals surface area contributed by atoms with E-state index in [4.69, 9.17) is 4.74 Å². The van der Waals surface area contributed by atoms with Gasteiger partial charge in [-0.2, -0.15) is 5.10 Å². The third kappa shape index (κ3) is 3.88. The number of nitrogens with zero attached hydrogens (tertiary/aromatic N) is 3. The van der Waals surface area contributed by atoms with E-state index in [-0.39, 0.29) is 0 Å². The van der Waals surface area contributed by atoms with Crippen molar-refractivity contribution in [1.29, 1.82) is 0 Å². The molecular weight excluding hydrogens is 420 g/mol. The number of methoxy groups -OCH3 is 1. The van der Waals surface area contributed by atoms with Crippen LogP contribution in [0.4, 0.5) is 5.69 Å². The van der Waals surface area contributed by atoms with Gasteiger partial charge in [0.2, 0.25) is 0 Å². The van der Waals surface area contributed by atoms with Crippen LogP contribution >= 0.6 is 0 Å². The van der Waals surface area contributed by atoms with Gasteiger partial charge in [0.15, 0.2) is 0 Å². The van der Waals surface area contributed by atoms with Crippen molar-refractivity contribution < 1.29 is 4.74 Å². The first-order valence-corrected chi connectivity index (χ1v) is 11.8. The first kappa shape index (κ1) is 20.8. The SMILES string of the molecule is COc1ccccc1N1CCN(Cc2ccc3[nH]nc(-c4ccc5ccccc5c4)c3c2)CC1. The second-order valence-electron chi connectivity index (χ2n) is 8.95. The highest BCUT2D eigenvalue weighted by molar-refractivity contribution is 5.96. The zero-order valence-electron chi connectivity index (χ0n) is 19.4. The van der Waals surface area contributed by atoms with Crippen molar-refractivity contribution in [2.24, 2.45) is 0 Å². The molecule has 5 nitrogen and oxygen atoms in total. The summed E-state index contributed by atoms with van der Waals surface area (Å²) in [7, 11) is 1.74. The minimum atomic E-state index is 0.943. The van der Waals surface area contributed by atoms with Gasteiger partial charge in [-0.05, 0) is 46.7 Å². The Balaban J connectivity index is 1.20. The fourth-order valence-corrected chi connectivity index (χ4v) is 5.01. The lowest BCUT2D eigenvalue weighted by Gasteiger charge is -2.36. The summed E-state index contributed by atoms with van der Waals surface area (Å²) in [6, 6.07) is 30.0. The number of fused-ring (bicyclic) bond motifs is 2. The average molecular weight is 449 g/mol. The second kappa shape index (κ2) is 8.84. The molecule has 0 saturated carbocycles. The van der Waals surface area contributed by atoms with Crippen molar-refractivity contribution in [2.45, 2.75) is 6.54 Å². The molecule has 1 N–H and O–H groups in total. The van der Waals surface area contributed by atoms with E-state index in [0.29, 0.717) is 0 Å². The fraction of sp³-hybridized carbons (Fsp3) is 0.207. The van der Waals surface area contributed by atoms with Crippen molar-refractivity contribution in [3.8, 4) is 17.0 Å². The Labute approximate surface area is 199 Å². The molecule has 5 aromatic rings. The van der Waals surface area contributed by atoms with Crippen LogP contribution in [0.25, 0.3) is 32.9 Å². The van der Waals surface area contributed by atoms with Gasteiger partial charge in [0.05, 0.1) is 24.0 Å². The maximum Gasteiger partial charge on any atom is 0.142 e. The highest BCUT2D eigenvalue weighted by atomic mass is 16.5.